The number of nitrogens with one attached hydrogen (secondary N) is 2. The third-order valence-corrected chi connectivity index (χ3v) is 5.29. The fourth-order valence-electron chi connectivity index (χ4n) is 2.02. The molecule has 0 saturated carbocycles. The van der Waals surface area contributed by atoms with Crippen molar-refractivity contribution in [1.29, 1.82) is 0 Å². The van der Waals surface area contributed by atoms with E-state index in [-0.39, 0.29) is 0 Å². The predicted molar refractivity (Wildman–Crippen MR) is 100 cm³/mol. The Morgan fingerprint density at radius 1 is 1.17 bits per heavy atom. The fourth-order valence-corrected chi connectivity index (χ4v) is 3.68. The molecule has 23 heavy (non-hydrogen) atoms. The van der Waals surface area contributed by atoms with Crippen LogP contribution in [-0.2, 0) is 23.1 Å². The maximum Gasteiger partial charge on any atom is 0.191 e. The van der Waals surface area contributed by atoms with Crippen LogP contribution in [0.25, 0.3) is 0 Å². The van der Waals surface area contributed by atoms with Crippen LogP contribution in [-0.4, -0.2) is 29.0 Å². The minimum absolute atomic E-state index is 0.603. The zero-order chi connectivity index (χ0) is 16.3. The summed E-state index contributed by atoms with van der Waals surface area (Å²) in [7, 11) is -0.868. The van der Waals surface area contributed by atoms with Crippen molar-refractivity contribution < 1.29 is 4.21 Å². The van der Waals surface area contributed by atoms with Crippen molar-refractivity contribution in [2.75, 3.05) is 18.8 Å². The Labute approximate surface area is 144 Å². The van der Waals surface area contributed by atoms with Gasteiger partial charge >= 0.3 is 0 Å². The van der Waals surface area contributed by atoms with Gasteiger partial charge in [-0.05, 0) is 23.9 Å². The number of thiophene rings is 1. The van der Waals surface area contributed by atoms with Gasteiger partial charge < -0.3 is 10.6 Å². The molecule has 1 unspecified atom stereocenters. The number of hydrogen-bond acceptors (Lipinski definition) is 3. The maximum absolute atomic E-state index is 12.1. The molecule has 124 valence electrons. The molecular weight excluding hydrogens is 326 g/mol. The number of nitrogens with zero attached hydrogens (tertiary/aromatic N) is 1. The van der Waals surface area contributed by atoms with Crippen LogP contribution in [0.1, 0.15) is 17.4 Å². The summed E-state index contributed by atoms with van der Waals surface area (Å²) in [6, 6.07) is 14.1. The van der Waals surface area contributed by atoms with Crippen LogP contribution in [0.4, 0.5) is 0 Å². The van der Waals surface area contributed by atoms with Gasteiger partial charge in [0.05, 0.1) is 6.54 Å². The molecule has 0 aliphatic carbocycles. The van der Waals surface area contributed by atoms with E-state index in [0.717, 1.165) is 18.1 Å². The van der Waals surface area contributed by atoms with E-state index >= 15 is 0 Å². The van der Waals surface area contributed by atoms with Crippen molar-refractivity contribution in [3.8, 4) is 0 Å². The number of rotatable bonds is 8. The summed E-state index contributed by atoms with van der Waals surface area (Å²) < 4.78 is 12.1. The summed E-state index contributed by atoms with van der Waals surface area (Å²) in [5.74, 6) is 1.99. The first-order valence-electron chi connectivity index (χ1n) is 7.71. The average Bonchev–Trinajstić information content (AvgIpc) is 3.07. The normalized spacial score (nSPS) is 12.8. The van der Waals surface area contributed by atoms with Crippen molar-refractivity contribution in [2.45, 2.75) is 19.2 Å². The van der Waals surface area contributed by atoms with Crippen LogP contribution in [0.3, 0.4) is 0 Å². The zero-order valence-electron chi connectivity index (χ0n) is 13.3. The molecule has 2 N–H and O–H groups in total. The van der Waals surface area contributed by atoms with Crippen molar-refractivity contribution in [3.63, 3.8) is 0 Å². The lowest BCUT2D eigenvalue weighted by atomic mass is 10.2. The second-order valence-electron chi connectivity index (χ2n) is 4.98. The predicted octanol–water partition coefficient (Wildman–Crippen LogP) is 2.75. The molecule has 0 aliphatic heterocycles. The van der Waals surface area contributed by atoms with Gasteiger partial charge in [-0.1, -0.05) is 36.4 Å². The van der Waals surface area contributed by atoms with Crippen LogP contribution in [0.5, 0.6) is 0 Å². The highest BCUT2D eigenvalue weighted by atomic mass is 32.2. The van der Waals surface area contributed by atoms with E-state index in [1.54, 1.807) is 11.3 Å². The van der Waals surface area contributed by atoms with Gasteiger partial charge in [-0.15, -0.1) is 11.3 Å². The van der Waals surface area contributed by atoms with Gasteiger partial charge in [-0.3, -0.25) is 4.21 Å². The third-order valence-electron chi connectivity index (χ3n) is 3.11. The average molecular weight is 350 g/mol. The Bertz CT molecular complexity index is 612. The first-order valence-corrected chi connectivity index (χ1v) is 10.1. The molecule has 2 rings (SSSR count). The molecule has 0 radical (unpaired) electrons. The SMILES string of the molecule is CCNC(=NCc1cccs1)NCCS(=O)Cc1ccccc1. The first-order chi connectivity index (χ1) is 11.3. The number of hydrogen-bond donors (Lipinski definition) is 2. The Kier molecular flexibility index (Phi) is 7.83. The molecule has 4 nitrogen and oxygen atoms in total. The van der Waals surface area contributed by atoms with Gasteiger partial charge in [-0.25, -0.2) is 4.99 Å². The highest BCUT2D eigenvalue weighted by molar-refractivity contribution is 7.84. The van der Waals surface area contributed by atoms with Crippen LogP contribution in [0.15, 0.2) is 52.8 Å². The highest BCUT2D eigenvalue weighted by Crippen LogP contribution is 2.09. The number of aliphatic imine (C=N–C) groups is 1. The Hall–Kier alpha value is -1.66. The van der Waals surface area contributed by atoms with Crippen LogP contribution in [0.2, 0.25) is 0 Å². The van der Waals surface area contributed by atoms with Gasteiger partial charge in [0, 0.05) is 40.3 Å². The highest BCUT2D eigenvalue weighted by Gasteiger charge is 2.03. The summed E-state index contributed by atoms with van der Waals surface area (Å²) >= 11 is 1.70. The molecule has 0 bridgehead atoms. The van der Waals surface area contributed by atoms with Crippen molar-refractivity contribution in [3.05, 3.63) is 58.3 Å². The second-order valence-corrected chi connectivity index (χ2v) is 7.58. The van der Waals surface area contributed by atoms with Crippen molar-refractivity contribution in [1.82, 2.24) is 10.6 Å². The van der Waals surface area contributed by atoms with Gasteiger partial charge in [0.2, 0.25) is 0 Å². The molecule has 0 fully saturated rings. The summed E-state index contributed by atoms with van der Waals surface area (Å²) in [6.07, 6.45) is 0. The van der Waals surface area contributed by atoms with Crippen LogP contribution < -0.4 is 10.6 Å². The molecule has 0 saturated heterocycles. The molecule has 0 spiro atoms. The van der Waals surface area contributed by atoms with E-state index in [9.17, 15) is 4.21 Å². The van der Waals surface area contributed by atoms with E-state index in [1.165, 1.54) is 4.88 Å². The number of benzene rings is 1. The van der Waals surface area contributed by atoms with Gasteiger partial charge in [0.1, 0.15) is 0 Å². The molecule has 2 aromatic rings. The fraction of sp³-hybridized carbons (Fsp3) is 0.353. The molecule has 6 heteroatoms. The Balaban J connectivity index is 1.75. The van der Waals surface area contributed by atoms with Crippen LogP contribution in [0, 0.1) is 0 Å². The summed E-state index contributed by atoms with van der Waals surface area (Å²) in [4.78, 5) is 5.77. The van der Waals surface area contributed by atoms with E-state index in [2.05, 4.69) is 27.1 Å². The third kappa shape index (κ3) is 6.97. The molecule has 0 aliphatic rings. The lowest BCUT2D eigenvalue weighted by molar-refractivity contribution is 0.680. The molecular formula is C17H23N3OS2. The summed E-state index contributed by atoms with van der Waals surface area (Å²) in [5, 5.41) is 8.52. The van der Waals surface area contributed by atoms with Crippen LogP contribution >= 0.6 is 11.3 Å². The quantitative estimate of drug-likeness (QED) is 0.569. The molecule has 1 aromatic carbocycles. The van der Waals surface area contributed by atoms with E-state index in [4.69, 9.17) is 0 Å². The minimum atomic E-state index is -0.868. The van der Waals surface area contributed by atoms with Crippen molar-refractivity contribution >= 4 is 28.1 Å². The lowest BCUT2D eigenvalue weighted by Crippen LogP contribution is -2.39. The topological polar surface area (TPSA) is 53.5 Å². The molecule has 1 aromatic heterocycles. The minimum Gasteiger partial charge on any atom is -0.357 e. The zero-order valence-corrected chi connectivity index (χ0v) is 15.0. The lowest BCUT2D eigenvalue weighted by Gasteiger charge is -2.11. The van der Waals surface area contributed by atoms with E-state index in [1.807, 2.05) is 43.3 Å². The maximum atomic E-state index is 12.1. The summed E-state index contributed by atoms with van der Waals surface area (Å²) in [5.41, 5.74) is 1.11. The monoisotopic (exact) mass is 349 g/mol. The van der Waals surface area contributed by atoms with E-state index in [0.29, 0.717) is 24.6 Å². The van der Waals surface area contributed by atoms with Gasteiger partial charge in [0.15, 0.2) is 5.96 Å². The second kappa shape index (κ2) is 10.2. The van der Waals surface area contributed by atoms with Crippen molar-refractivity contribution in [2.24, 2.45) is 4.99 Å². The Morgan fingerprint density at radius 3 is 2.70 bits per heavy atom. The number of guanidine groups is 1. The Morgan fingerprint density at radius 2 is 2.00 bits per heavy atom. The summed E-state index contributed by atoms with van der Waals surface area (Å²) in [6.45, 7) is 4.16. The standard InChI is InChI=1S/C17H23N3OS2/c1-2-18-17(20-13-16-9-6-11-22-16)19-10-12-23(21)14-15-7-4-3-5-8-15/h3-9,11H,2,10,12-14H2,1H3,(H2,18,19,20). The van der Waals surface area contributed by atoms with E-state index < -0.39 is 10.8 Å². The van der Waals surface area contributed by atoms with Gasteiger partial charge in [-0.2, -0.15) is 0 Å². The molecule has 1 heterocycles. The molecule has 0 amide bonds. The molecule has 1 atom stereocenters. The largest absolute Gasteiger partial charge is 0.357 e. The smallest absolute Gasteiger partial charge is 0.191 e. The van der Waals surface area contributed by atoms with Gasteiger partial charge in [0.25, 0.3) is 0 Å². The first kappa shape index (κ1) is 17.7.